The topological polar surface area (TPSA) is 75.4 Å². The maximum atomic E-state index is 13.4. The van der Waals surface area contributed by atoms with Crippen LogP contribution in [0.2, 0.25) is 0 Å². The summed E-state index contributed by atoms with van der Waals surface area (Å²) in [5.74, 6) is -0.929. The molecular formula is C25H27FN2O3. The van der Waals surface area contributed by atoms with Gasteiger partial charge in [-0.15, -0.1) is 0 Å². The monoisotopic (exact) mass is 422 g/mol. The summed E-state index contributed by atoms with van der Waals surface area (Å²) in [5, 5.41) is 24.8. The van der Waals surface area contributed by atoms with E-state index in [-0.39, 0.29) is 18.1 Å². The maximum absolute atomic E-state index is 13.4. The Morgan fingerprint density at radius 2 is 1.84 bits per heavy atom. The number of fused-ring (bicyclic) bond motifs is 1. The van der Waals surface area contributed by atoms with Gasteiger partial charge in [0, 0.05) is 23.2 Å². The number of aromatic nitrogens is 2. The van der Waals surface area contributed by atoms with Crippen molar-refractivity contribution in [1.82, 2.24) is 9.78 Å². The van der Waals surface area contributed by atoms with E-state index < -0.39 is 5.97 Å². The second kappa shape index (κ2) is 8.53. The van der Waals surface area contributed by atoms with Crippen molar-refractivity contribution >= 4 is 5.97 Å². The summed E-state index contributed by atoms with van der Waals surface area (Å²) >= 11 is 0. The average molecular weight is 423 g/mol. The number of benzene rings is 2. The molecule has 0 saturated carbocycles. The minimum Gasteiger partial charge on any atom is -0.507 e. The third-order valence-corrected chi connectivity index (χ3v) is 6.19. The van der Waals surface area contributed by atoms with Gasteiger partial charge in [-0.2, -0.15) is 5.10 Å². The van der Waals surface area contributed by atoms with Crippen LogP contribution in [0.15, 0.2) is 30.3 Å². The van der Waals surface area contributed by atoms with E-state index in [4.69, 9.17) is 0 Å². The molecule has 1 aliphatic carbocycles. The number of hydrogen-bond donors (Lipinski definition) is 2. The van der Waals surface area contributed by atoms with Gasteiger partial charge in [0.05, 0.1) is 5.69 Å². The molecule has 0 radical (unpaired) electrons. The molecule has 0 fully saturated rings. The van der Waals surface area contributed by atoms with Crippen LogP contribution in [-0.2, 0) is 43.4 Å². The van der Waals surface area contributed by atoms with Gasteiger partial charge in [-0.1, -0.05) is 26.0 Å². The summed E-state index contributed by atoms with van der Waals surface area (Å²) in [4.78, 5) is 11.3. The van der Waals surface area contributed by atoms with Gasteiger partial charge in [-0.25, -0.2) is 4.39 Å². The van der Waals surface area contributed by atoms with Gasteiger partial charge in [-0.05, 0) is 72.6 Å². The Kier molecular flexibility index (Phi) is 5.81. The molecule has 4 rings (SSSR count). The molecule has 0 unspecified atom stereocenters. The van der Waals surface area contributed by atoms with Crippen LogP contribution in [0, 0.1) is 5.82 Å². The third-order valence-electron chi connectivity index (χ3n) is 6.19. The lowest BCUT2D eigenvalue weighted by atomic mass is 9.90. The average Bonchev–Trinajstić information content (AvgIpc) is 3.35. The first-order chi connectivity index (χ1) is 14.9. The van der Waals surface area contributed by atoms with Gasteiger partial charge in [0.2, 0.25) is 0 Å². The Labute approximate surface area is 181 Å². The number of halogens is 1. The van der Waals surface area contributed by atoms with Crippen molar-refractivity contribution in [2.75, 3.05) is 0 Å². The van der Waals surface area contributed by atoms with Crippen molar-refractivity contribution < 1.29 is 19.4 Å². The molecule has 0 spiro atoms. The molecule has 0 amide bonds. The number of rotatable bonds is 7. The molecule has 1 heterocycles. The number of aromatic hydroxyl groups is 1. The third kappa shape index (κ3) is 3.94. The van der Waals surface area contributed by atoms with E-state index in [1.165, 1.54) is 17.7 Å². The zero-order valence-electron chi connectivity index (χ0n) is 17.9. The number of phenols is 1. The van der Waals surface area contributed by atoms with Gasteiger partial charge in [0.1, 0.15) is 18.1 Å². The number of hydrogen-bond acceptors (Lipinski definition) is 3. The molecule has 1 aromatic heterocycles. The molecule has 6 heteroatoms. The lowest BCUT2D eigenvalue weighted by Gasteiger charge is -2.16. The van der Waals surface area contributed by atoms with Crippen molar-refractivity contribution in [3.63, 3.8) is 0 Å². The first-order valence-electron chi connectivity index (χ1n) is 10.8. The van der Waals surface area contributed by atoms with E-state index in [1.54, 1.807) is 16.8 Å². The first-order valence-corrected chi connectivity index (χ1v) is 10.8. The number of carbonyl (C=O) groups is 1. The maximum Gasteiger partial charge on any atom is 0.325 e. The molecule has 0 atom stereocenters. The Balaban J connectivity index is 1.83. The van der Waals surface area contributed by atoms with E-state index in [0.29, 0.717) is 18.4 Å². The van der Waals surface area contributed by atoms with Crippen molar-refractivity contribution in [3.05, 3.63) is 69.8 Å². The van der Waals surface area contributed by atoms with Crippen LogP contribution < -0.4 is 0 Å². The van der Waals surface area contributed by atoms with Gasteiger partial charge in [0.25, 0.3) is 0 Å². The van der Waals surface area contributed by atoms with Crippen LogP contribution in [-0.4, -0.2) is 26.0 Å². The Morgan fingerprint density at radius 3 is 2.48 bits per heavy atom. The summed E-state index contributed by atoms with van der Waals surface area (Å²) in [5.41, 5.74) is 7.72. The highest BCUT2D eigenvalue weighted by Crippen LogP contribution is 2.41. The van der Waals surface area contributed by atoms with E-state index in [1.807, 2.05) is 19.9 Å². The highest BCUT2D eigenvalue weighted by Gasteiger charge is 2.25. The fourth-order valence-corrected chi connectivity index (χ4v) is 4.78. The van der Waals surface area contributed by atoms with E-state index >= 15 is 0 Å². The van der Waals surface area contributed by atoms with Gasteiger partial charge in [-0.3, -0.25) is 9.48 Å². The molecule has 2 N–H and O–H groups in total. The normalized spacial score (nSPS) is 12.9. The molecule has 5 nitrogen and oxygen atoms in total. The van der Waals surface area contributed by atoms with Crippen LogP contribution in [0.3, 0.4) is 0 Å². The summed E-state index contributed by atoms with van der Waals surface area (Å²) < 4.78 is 15.0. The Hall–Kier alpha value is -3.15. The molecule has 3 aromatic rings. The highest BCUT2D eigenvalue weighted by atomic mass is 19.1. The highest BCUT2D eigenvalue weighted by molar-refractivity contribution is 5.75. The molecule has 0 bridgehead atoms. The summed E-state index contributed by atoms with van der Waals surface area (Å²) in [7, 11) is 0. The number of nitrogens with zero attached hydrogens (tertiary/aromatic N) is 2. The first kappa shape index (κ1) is 21.1. The minimum atomic E-state index is -0.907. The van der Waals surface area contributed by atoms with Crippen molar-refractivity contribution in [1.29, 1.82) is 0 Å². The predicted octanol–water partition coefficient (Wildman–Crippen LogP) is 4.68. The summed E-state index contributed by atoms with van der Waals surface area (Å²) in [6.07, 6.45) is 4.78. The second-order valence-corrected chi connectivity index (χ2v) is 8.06. The SMILES string of the molecule is CCc1nn(CC(=O)O)c(CC)c1Cc1cc(-c2ccc(F)cc2)c(O)c2c1CCC2. The number of phenolic OH excluding ortho intramolecular Hbond substituents is 1. The molecule has 2 aromatic carbocycles. The summed E-state index contributed by atoms with van der Waals surface area (Å²) in [6, 6.07) is 8.20. The largest absolute Gasteiger partial charge is 0.507 e. The van der Waals surface area contributed by atoms with Crippen LogP contribution in [0.4, 0.5) is 4.39 Å². The van der Waals surface area contributed by atoms with Crippen molar-refractivity contribution in [3.8, 4) is 16.9 Å². The number of carboxylic acids is 1. The van der Waals surface area contributed by atoms with Crippen LogP contribution in [0.25, 0.3) is 11.1 Å². The fourth-order valence-electron chi connectivity index (χ4n) is 4.78. The molecule has 0 saturated heterocycles. The molecule has 31 heavy (non-hydrogen) atoms. The van der Waals surface area contributed by atoms with Crippen molar-refractivity contribution in [2.24, 2.45) is 0 Å². The molecule has 1 aliphatic rings. The molecule has 162 valence electrons. The standard InChI is InChI=1S/C25H27FN2O3/c1-3-22-21(23(4-2)28(27-22)14-24(29)30)13-16-12-20(15-8-10-17(26)11-9-15)25(31)19-7-5-6-18(16)19/h8-12,31H,3-7,13-14H2,1-2H3,(H,29,30). The number of aryl methyl sites for hydroxylation is 1. The Morgan fingerprint density at radius 1 is 1.13 bits per heavy atom. The number of carboxylic acid groups (broad SMARTS) is 1. The smallest absolute Gasteiger partial charge is 0.325 e. The molecular weight excluding hydrogens is 395 g/mol. The van der Waals surface area contributed by atoms with Crippen LogP contribution in [0.5, 0.6) is 5.75 Å². The summed E-state index contributed by atoms with van der Waals surface area (Å²) in [6.45, 7) is 3.90. The van der Waals surface area contributed by atoms with E-state index in [2.05, 4.69) is 5.10 Å². The quantitative estimate of drug-likeness (QED) is 0.580. The second-order valence-electron chi connectivity index (χ2n) is 8.06. The zero-order chi connectivity index (χ0) is 22.1. The van der Waals surface area contributed by atoms with Crippen molar-refractivity contribution in [2.45, 2.75) is 58.9 Å². The van der Waals surface area contributed by atoms with Crippen LogP contribution in [0.1, 0.15) is 53.9 Å². The van der Waals surface area contributed by atoms with Gasteiger partial charge < -0.3 is 10.2 Å². The number of aliphatic carboxylic acids is 1. The minimum absolute atomic E-state index is 0.148. The lowest BCUT2D eigenvalue weighted by molar-refractivity contribution is -0.137. The van der Waals surface area contributed by atoms with Crippen LogP contribution >= 0.6 is 0 Å². The lowest BCUT2D eigenvalue weighted by Crippen LogP contribution is -2.13. The van der Waals surface area contributed by atoms with E-state index in [9.17, 15) is 19.4 Å². The van der Waals surface area contributed by atoms with E-state index in [0.717, 1.165) is 59.3 Å². The molecule has 0 aliphatic heterocycles. The fraction of sp³-hybridized carbons (Fsp3) is 0.360. The Bertz CT molecular complexity index is 1130. The van der Waals surface area contributed by atoms with Gasteiger partial charge in [0.15, 0.2) is 0 Å². The predicted molar refractivity (Wildman–Crippen MR) is 117 cm³/mol. The zero-order valence-corrected chi connectivity index (χ0v) is 17.9. The van der Waals surface area contributed by atoms with Gasteiger partial charge >= 0.3 is 5.97 Å².